The molecule has 2 fully saturated rings. The van der Waals surface area contributed by atoms with Crippen molar-refractivity contribution >= 4 is 22.8 Å². The van der Waals surface area contributed by atoms with E-state index in [-0.39, 0.29) is 22.7 Å². The first-order chi connectivity index (χ1) is 13.2. The Labute approximate surface area is 173 Å². The Morgan fingerprint density at radius 1 is 1.36 bits per heavy atom. The van der Waals surface area contributed by atoms with Crippen molar-refractivity contribution in [3.8, 4) is 5.88 Å². The van der Waals surface area contributed by atoms with Crippen molar-refractivity contribution in [2.45, 2.75) is 59.0 Å². The lowest BCUT2D eigenvalue weighted by Gasteiger charge is -2.34. The number of likely N-dealkylation sites (tertiary alicyclic amines) is 1. The summed E-state index contributed by atoms with van der Waals surface area (Å²) in [6.07, 6.45) is 4.60. The third kappa shape index (κ3) is 7.40. The zero-order valence-electron chi connectivity index (χ0n) is 17.3. The number of nitrogens with one attached hydrogen (secondary N) is 1. The Balaban J connectivity index is 0.000000300. The predicted octanol–water partition coefficient (Wildman–Crippen LogP) is 3.35. The first kappa shape index (κ1) is 22.6. The van der Waals surface area contributed by atoms with Gasteiger partial charge in [-0.2, -0.15) is 0 Å². The molecule has 0 spiro atoms. The van der Waals surface area contributed by atoms with Crippen LogP contribution in [0, 0.1) is 5.41 Å². The number of ether oxygens (including phenoxy) is 1. The van der Waals surface area contributed by atoms with Gasteiger partial charge in [0.05, 0.1) is 0 Å². The van der Waals surface area contributed by atoms with Gasteiger partial charge in [-0.1, -0.05) is 26.8 Å². The van der Waals surface area contributed by atoms with Gasteiger partial charge in [0.2, 0.25) is 17.0 Å². The van der Waals surface area contributed by atoms with Crippen LogP contribution in [0.15, 0.2) is 18.3 Å². The first-order valence-electron chi connectivity index (χ1n) is 9.92. The van der Waals surface area contributed by atoms with E-state index in [1.54, 1.807) is 13.1 Å². The second-order valence-corrected chi connectivity index (χ2v) is 9.11. The molecule has 1 unspecified atom stereocenters. The minimum atomic E-state index is -0.252. The van der Waals surface area contributed by atoms with Crippen molar-refractivity contribution in [3.05, 3.63) is 23.9 Å². The quantitative estimate of drug-likeness (QED) is 0.772. The molecule has 6 nitrogen and oxygen atoms in total. The fourth-order valence-electron chi connectivity index (χ4n) is 3.25. The Morgan fingerprint density at radius 2 is 2.07 bits per heavy atom. The molecule has 28 heavy (non-hydrogen) atoms. The van der Waals surface area contributed by atoms with E-state index in [1.807, 2.05) is 31.7 Å². The highest BCUT2D eigenvalue weighted by atomic mass is 35.5. The molecule has 2 saturated heterocycles. The number of hydrogen-bond donors (Lipinski definition) is 1. The summed E-state index contributed by atoms with van der Waals surface area (Å²) in [6, 6.07) is 4.04. The largest absolute Gasteiger partial charge is 0.471 e. The number of carbonyl (C=O) groups is 2. The Kier molecular flexibility index (Phi) is 8.25. The number of nitrogens with zero attached hydrogens (tertiary/aromatic N) is 2. The second-order valence-electron chi connectivity index (χ2n) is 8.69. The highest BCUT2D eigenvalue weighted by molar-refractivity contribution is 6.63. The average molecular weight is 410 g/mol. The number of hydrogen-bond acceptors (Lipinski definition) is 5. The lowest BCUT2D eigenvalue weighted by atomic mass is 9.91. The summed E-state index contributed by atoms with van der Waals surface area (Å²) in [5.74, 6) is 1.24. The van der Waals surface area contributed by atoms with Gasteiger partial charge in [0.25, 0.3) is 0 Å². The summed E-state index contributed by atoms with van der Waals surface area (Å²) < 4.78 is 5.95. The zero-order chi connectivity index (χ0) is 20.7. The summed E-state index contributed by atoms with van der Waals surface area (Å²) >= 11 is 5.12. The third-order valence-electron chi connectivity index (χ3n) is 4.80. The summed E-state index contributed by atoms with van der Waals surface area (Å²) in [5, 5.41) is 2.94. The molecule has 0 bridgehead atoms. The SMILES string of the molecule is CC(=O)N1CCCC(c2cccnc2OC2CNC2)C1.CC(C)(C)CC(=O)Cl. The van der Waals surface area contributed by atoms with Gasteiger partial charge in [-0.3, -0.25) is 9.59 Å². The van der Waals surface area contributed by atoms with Crippen LogP contribution in [0.3, 0.4) is 0 Å². The van der Waals surface area contributed by atoms with Crippen LogP contribution in [-0.4, -0.2) is 53.3 Å². The summed E-state index contributed by atoms with van der Waals surface area (Å²) in [4.78, 5) is 28.1. The Bertz CT molecular complexity index is 671. The molecule has 0 radical (unpaired) electrons. The molecule has 1 aromatic heterocycles. The summed E-state index contributed by atoms with van der Waals surface area (Å²) in [6.45, 7) is 11.0. The molecule has 3 rings (SSSR count). The molecule has 1 atom stereocenters. The van der Waals surface area contributed by atoms with E-state index in [9.17, 15) is 9.59 Å². The molecule has 0 saturated carbocycles. The summed E-state index contributed by atoms with van der Waals surface area (Å²) in [7, 11) is 0. The molecular weight excluding hydrogens is 378 g/mol. The van der Waals surface area contributed by atoms with E-state index in [4.69, 9.17) is 16.3 Å². The highest BCUT2D eigenvalue weighted by Gasteiger charge is 2.27. The molecule has 2 aliphatic rings. The van der Waals surface area contributed by atoms with Crippen LogP contribution in [0.1, 0.15) is 58.4 Å². The van der Waals surface area contributed by atoms with Gasteiger partial charge in [0, 0.05) is 57.2 Å². The highest BCUT2D eigenvalue weighted by Crippen LogP contribution is 2.32. The van der Waals surface area contributed by atoms with E-state index >= 15 is 0 Å². The van der Waals surface area contributed by atoms with Gasteiger partial charge >= 0.3 is 0 Å². The number of halogens is 1. The second kappa shape index (κ2) is 10.2. The minimum Gasteiger partial charge on any atom is -0.471 e. The van der Waals surface area contributed by atoms with Crippen molar-refractivity contribution in [2.24, 2.45) is 5.41 Å². The third-order valence-corrected chi connectivity index (χ3v) is 4.93. The van der Waals surface area contributed by atoms with Gasteiger partial charge in [-0.15, -0.1) is 0 Å². The van der Waals surface area contributed by atoms with Crippen LogP contribution in [0.25, 0.3) is 0 Å². The zero-order valence-corrected chi connectivity index (χ0v) is 18.1. The van der Waals surface area contributed by atoms with E-state index in [2.05, 4.69) is 16.4 Å². The van der Waals surface area contributed by atoms with Crippen molar-refractivity contribution in [1.82, 2.24) is 15.2 Å². The Morgan fingerprint density at radius 3 is 2.57 bits per heavy atom. The van der Waals surface area contributed by atoms with E-state index in [1.165, 1.54) is 0 Å². The molecule has 0 aliphatic carbocycles. The van der Waals surface area contributed by atoms with Crippen LogP contribution in [0.2, 0.25) is 0 Å². The molecule has 1 amide bonds. The van der Waals surface area contributed by atoms with Crippen molar-refractivity contribution in [2.75, 3.05) is 26.2 Å². The fraction of sp³-hybridized carbons (Fsp3) is 0.667. The number of rotatable bonds is 4. The lowest BCUT2D eigenvalue weighted by Crippen LogP contribution is -2.50. The molecular formula is C21H32ClN3O3. The predicted molar refractivity (Wildman–Crippen MR) is 111 cm³/mol. The maximum atomic E-state index is 11.6. The number of amides is 1. The van der Waals surface area contributed by atoms with Crippen LogP contribution in [0.5, 0.6) is 5.88 Å². The van der Waals surface area contributed by atoms with E-state index in [0.717, 1.165) is 50.5 Å². The lowest BCUT2D eigenvalue weighted by molar-refractivity contribution is -0.130. The molecule has 1 N–H and O–H groups in total. The van der Waals surface area contributed by atoms with E-state index in [0.29, 0.717) is 12.3 Å². The summed E-state index contributed by atoms with van der Waals surface area (Å²) in [5.41, 5.74) is 1.18. The molecule has 2 aliphatic heterocycles. The Hall–Kier alpha value is -1.66. The monoisotopic (exact) mass is 409 g/mol. The molecule has 1 aromatic rings. The normalized spacial score (nSPS) is 19.9. The molecule has 7 heteroatoms. The number of piperidine rings is 1. The van der Waals surface area contributed by atoms with Crippen LogP contribution < -0.4 is 10.1 Å². The maximum Gasteiger partial charge on any atom is 0.222 e. The number of carbonyl (C=O) groups excluding carboxylic acids is 2. The fourth-order valence-corrected chi connectivity index (χ4v) is 3.65. The maximum absolute atomic E-state index is 11.6. The van der Waals surface area contributed by atoms with Crippen molar-refractivity contribution in [1.29, 1.82) is 0 Å². The van der Waals surface area contributed by atoms with Gasteiger partial charge in [0.1, 0.15) is 6.10 Å². The first-order valence-corrected chi connectivity index (χ1v) is 10.3. The van der Waals surface area contributed by atoms with E-state index < -0.39 is 0 Å². The molecule has 0 aromatic carbocycles. The number of aromatic nitrogens is 1. The minimum absolute atomic E-state index is 0.0405. The van der Waals surface area contributed by atoms with Crippen LogP contribution in [0.4, 0.5) is 0 Å². The van der Waals surface area contributed by atoms with Gasteiger partial charge in [-0.25, -0.2) is 4.98 Å². The van der Waals surface area contributed by atoms with Gasteiger partial charge < -0.3 is 15.0 Å². The molecule has 156 valence electrons. The van der Waals surface area contributed by atoms with Gasteiger partial charge in [0.15, 0.2) is 0 Å². The van der Waals surface area contributed by atoms with Crippen LogP contribution in [-0.2, 0) is 9.59 Å². The number of pyridine rings is 1. The van der Waals surface area contributed by atoms with Gasteiger partial charge in [-0.05, 0) is 35.9 Å². The van der Waals surface area contributed by atoms with Crippen molar-refractivity contribution in [3.63, 3.8) is 0 Å². The smallest absolute Gasteiger partial charge is 0.222 e. The molecule has 3 heterocycles. The van der Waals surface area contributed by atoms with Crippen molar-refractivity contribution < 1.29 is 14.3 Å². The van der Waals surface area contributed by atoms with Crippen LogP contribution >= 0.6 is 11.6 Å². The average Bonchev–Trinajstić information content (AvgIpc) is 2.57. The standard InChI is InChI=1S/C15H21N3O2.C6H11ClO/c1-11(19)18-7-3-4-12(10-18)14-5-2-6-17-15(14)20-13-8-16-9-13;1-6(2,3)4-5(7)8/h2,5-6,12-13,16H,3-4,7-10H2,1H3;4H2,1-3H3. The topological polar surface area (TPSA) is 71.5 Å².